The van der Waals surface area contributed by atoms with E-state index in [-0.39, 0.29) is 0 Å². The van der Waals surface area contributed by atoms with Crippen molar-refractivity contribution >= 4 is 0 Å². The van der Waals surface area contributed by atoms with Crippen LogP contribution < -0.4 is 11.1 Å². The summed E-state index contributed by atoms with van der Waals surface area (Å²) in [6.45, 7) is 1.55. The molecule has 2 heteroatoms. The number of nitrogens with two attached hydrogens (primary N) is 1. The highest BCUT2D eigenvalue weighted by Gasteiger charge is 2.09. The molecule has 0 amide bonds. The molecular weight excluding hydrogens is 232 g/mol. The van der Waals surface area contributed by atoms with Crippen molar-refractivity contribution < 1.29 is 0 Å². The fraction of sp³-hybridized carbons (Fsp3) is 0.294. The Labute approximate surface area is 115 Å². The van der Waals surface area contributed by atoms with Crippen LogP contribution in [0.5, 0.6) is 0 Å². The minimum Gasteiger partial charge on any atom is -0.329 e. The van der Waals surface area contributed by atoms with Gasteiger partial charge < -0.3 is 11.1 Å². The smallest absolute Gasteiger partial charge is 0.0148 e. The van der Waals surface area contributed by atoms with Crippen molar-refractivity contribution in [2.45, 2.75) is 18.9 Å². The molecule has 0 unspecified atom stereocenters. The van der Waals surface area contributed by atoms with Gasteiger partial charge in [0.25, 0.3) is 0 Å². The molecule has 0 radical (unpaired) electrons. The molecule has 0 aromatic heterocycles. The minimum atomic E-state index is 0.438. The fourth-order valence-electron chi connectivity index (χ4n) is 2.30. The van der Waals surface area contributed by atoms with E-state index in [4.69, 9.17) is 5.73 Å². The van der Waals surface area contributed by atoms with Crippen molar-refractivity contribution in [3.8, 4) is 0 Å². The second-order valence-electron chi connectivity index (χ2n) is 4.82. The summed E-state index contributed by atoms with van der Waals surface area (Å²) in [5, 5.41) is 3.54. The van der Waals surface area contributed by atoms with Crippen LogP contribution in [-0.4, -0.2) is 19.1 Å². The van der Waals surface area contributed by atoms with Gasteiger partial charge in [0.1, 0.15) is 0 Å². The molecule has 19 heavy (non-hydrogen) atoms. The molecule has 0 aliphatic heterocycles. The Hall–Kier alpha value is -1.64. The van der Waals surface area contributed by atoms with E-state index in [1.165, 1.54) is 11.1 Å². The Bertz CT molecular complexity index is 412. The summed E-state index contributed by atoms with van der Waals surface area (Å²) in [6.07, 6.45) is 2.07. The zero-order chi connectivity index (χ0) is 13.3. The molecule has 0 spiro atoms. The van der Waals surface area contributed by atoms with Gasteiger partial charge in [0.05, 0.1) is 0 Å². The quantitative estimate of drug-likeness (QED) is 0.796. The van der Waals surface area contributed by atoms with Crippen LogP contribution in [-0.2, 0) is 12.8 Å². The molecule has 0 saturated carbocycles. The van der Waals surface area contributed by atoms with Crippen LogP contribution in [0.2, 0.25) is 0 Å². The van der Waals surface area contributed by atoms with E-state index in [9.17, 15) is 0 Å². The van der Waals surface area contributed by atoms with E-state index < -0.39 is 0 Å². The van der Waals surface area contributed by atoms with Gasteiger partial charge in [0, 0.05) is 19.1 Å². The maximum atomic E-state index is 5.60. The van der Waals surface area contributed by atoms with E-state index in [0.29, 0.717) is 12.6 Å². The second kappa shape index (κ2) is 7.72. The first-order valence-electron chi connectivity index (χ1n) is 6.90. The maximum Gasteiger partial charge on any atom is 0.0148 e. The Kier molecular flexibility index (Phi) is 5.60. The lowest BCUT2D eigenvalue weighted by Crippen LogP contribution is -2.36. The molecule has 0 bridgehead atoms. The number of benzene rings is 2. The average molecular weight is 254 g/mol. The molecule has 0 fully saturated rings. The molecule has 2 rings (SSSR count). The van der Waals surface area contributed by atoms with Crippen molar-refractivity contribution in [3.05, 3.63) is 71.8 Å². The lowest BCUT2D eigenvalue weighted by Gasteiger charge is -2.18. The van der Waals surface area contributed by atoms with E-state index in [1.54, 1.807) is 0 Å². The maximum absolute atomic E-state index is 5.60. The first-order valence-corrected chi connectivity index (χ1v) is 6.90. The van der Waals surface area contributed by atoms with Crippen LogP contribution in [0.4, 0.5) is 0 Å². The van der Waals surface area contributed by atoms with Gasteiger partial charge >= 0.3 is 0 Å². The van der Waals surface area contributed by atoms with Crippen LogP contribution in [0.3, 0.4) is 0 Å². The van der Waals surface area contributed by atoms with Crippen molar-refractivity contribution in [1.82, 2.24) is 5.32 Å². The molecular formula is C17H22N2. The number of hydrogen-bond donors (Lipinski definition) is 2. The van der Waals surface area contributed by atoms with Gasteiger partial charge in [-0.15, -0.1) is 0 Å². The predicted molar refractivity (Wildman–Crippen MR) is 81.1 cm³/mol. The number of hydrogen-bond acceptors (Lipinski definition) is 2. The molecule has 0 saturated heterocycles. The van der Waals surface area contributed by atoms with Crippen molar-refractivity contribution in [2.24, 2.45) is 5.73 Å². The number of rotatable bonds is 7. The third-order valence-electron chi connectivity index (χ3n) is 3.23. The molecule has 3 N–H and O–H groups in total. The summed E-state index contributed by atoms with van der Waals surface area (Å²) in [7, 11) is 0. The summed E-state index contributed by atoms with van der Waals surface area (Å²) >= 11 is 0. The molecule has 2 aromatic carbocycles. The molecule has 100 valence electrons. The molecule has 2 nitrogen and oxygen atoms in total. The van der Waals surface area contributed by atoms with Gasteiger partial charge in [-0.3, -0.25) is 0 Å². The Morgan fingerprint density at radius 3 is 1.68 bits per heavy atom. The average Bonchev–Trinajstić information content (AvgIpc) is 2.47. The summed E-state index contributed by atoms with van der Waals surface area (Å²) in [4.78, 5) is 0. The van der Waals surface area contributed by atoms with Crippen molar-refractivity contribution in [1.29, 1.82) is 0 Å². The first kappa shape index (κ1) is 13.8. The minimum absolute atomic E-state index is 0.438. The number of nitrogens with one attached hydrogen (secondary N) is 1. The van der Waals surface area contributed by atoms with E-state index in [2.05, 4.69) is 66.0 Å². The van der Waals surface area contributed by atoms with Crippen LogP contribution >= 0.6 is 0 Å². The van der Waals surface area contributed by atoms with Crippen molar-refractivity contribution in [3.63, 3.8) is 0 Å². The predicted octanol–water partition coefficient (Wildman–Crippen LogP) is 2.39. The van der Waals surface area contributed by atoms with Crippen LogP contribution in [0, 0.1) is 0 Å². The highest BCUT2D eigenvalue weighted by molar-refractivity contribution is 5.19. The SMILES string of the molecule is NCCNC(Cc1ccccc1)Cc1ccccc1. The topological polar surface area (TPSA) is 38.0 Å². The lowest BCUT2D eigenvalue weighted by molar-refractivity contribution is 0.512. The van der Waals surface area contributed by atoms with Gasteiger partial charge in [-0.1, -0.05) is 60.7 Å². The van der Waals surface area contributed by atoms with Gasteiger partial charge in [-0.2, -0.15) is 0 Å². The summed E-state index contributed by atoms with van der Waals surface area (Å²) in [6, 6.07) is 21.7. The summed E-state index contributed by atoms with van der Waals surface area (Å²) in [5.41, 5.74) is 8.34. The Morgan fingerprint density at radius 2 is 1.26 bits per heavy atom. The van der Waals surface area contributed by atoms with Gasteiger partial charge in [-0.05, 0) is 24.0 Å². The molecule has 0 aliphatic carbocycles. The zero-order valence-corrected chi connectivity index (χ0v) is 11.3. The third-order valence-corrected chi connectivity index (χ3v) is 3.23. The molecule has 0 heterocycles. The second-order valence-corrected chi connectivity index (χ2v) is 4.82. The highest BCUT2D eigenvalue weighted by Crippen LogP contribution is 2.09. The van der Waals surface area contributed by atoms with Crippen LogP contribution in [0.25, 0.3) is 0 Å². The summed E-state index contributed by atoms with van der Waals surface area (Å²) in [5.74, 6) is 0. The van der Waals surface area contributed by atoms with Gasteiger partial charge in [0.2, 0.25) is 0 Å². The molecule has 0 aliphatic rings. The highest BCUT2D eigenvalue weighted by atomic mass is 14.9. The lowest BCUT2D eigenvalue weighted by atomic mass is 9.99. The normalized spacial score (nSPS) is 10.8. The standard InChI is InChI=1S/C17H22N2/c18-11-12-19-17(13-15-7-3-1-4-8-15)14-16-9-5-2-6-10-16/h1-10,17,19H,11-14,18H2. The summed E-state index contributed by atoms with van der Waals surface area (Å²) < 4.78 is 0. The Balaban J connectivity index is 1.99. The van der Waals surface area contributed by atoms with E-state index in [1.807, 2.05) is 0 Å². The largest absolute Gasteiger partial charge is 0.329 e. The van der Waals surface area contributed by atoms with Crippen molar-refractivity contribution in [2.75, 3.05) is 13.1 Å². The zero-order valence-electron chi connectivity index (χ0n) is 11.3. The molecule has 2 aromatic rings. The fourth-order valence-corrected chi connectivity index (χ4v) is 2.30. The van der Waals surface area contributed by atoms with E-state index >= 15 is 0 Å². The van der Waals surface area contributed by atoms with Gasteiger partial charge in [0.15, 0.2) is 0 Å². The molecule has 0 atom stereocenters. The first-order chi connectivity index (χ1) is 9.38. The van der Waals surface area contributed by atoms with Crippen LogP contribution in [0.1, 0.15) is 11.1 Å². The third kappa shape index (κ3) is 4.86. The Morgan fingerprint density at radius 1 is 0.789 bits per heavy atom. The van der Waals surface area contributed by atoms with Gasteiger partial charge in [-0.25, -0.2) is 0 Å². The monoisotopic (exact) mass is 254 g/mol. The van der Waals surface area contributed by atoms with Crippen LogP contribution in [0.15, 0.2) is 60.7 Å². The van der Waals surface area contributed by atoms with E-state index in [0.717, 1.165) is 19.4 Å².